The van der Waals surface area contributed by atoms with Crippen molar-refractivity contribution in [2.45, 2.75) is 45.6 Å². The van der Waals surface area contributed by atoms with Crippen molar-refractivity contribution < 1.29 is 9.53 Å². The zero-order valence-corrected chi connectivity index (χ0v) is 16.9. The molecule has 1 saturated heterocycles. The normalized spacial score (nSPS) is 15.1. The molecule has 0 radical (unpaired) electrons. The highest BCUT2D eigenvalue weighted by molar-refractivity contribution is 7.09. The zero-order valence-electron chi connectivity index (χ0n) is 14.4. The lowest BCUT2D eigenvalue weighted by Crippen LogP contribution is -2.41. The van der Waals surface area contributed by atoms with Crippen molar-refractivity contribution in [2.24, 2.45) is 11.7 Å². The van der Waals surface area contributed by atoms with E-state index in [4.69, 9.17) is 10.5 Å². The highest BCUT2D eigenvalue weighted by atomic mass is 35.5. The molecule has 1 fully saturated rings. The molecule has 1 amide bonds. The minimum Gasteiger partial charge on any atom is -0.378 e. The van der Waals surface area contributed by atoms with Gasteiger partial charge in [0, 0.05) is 31.5 Å². The minimum absolute atomic E-state index is 0. The van der Waals surface area contributed by atoms with Crippen LogP contribution in [0.25, 0.3) is 0 Å². The summed E-state index contributed by atoms with van der Waals surface area (Å²) in [5.41, 5.74) is 6.06. The standard InChI is InChI=1S/C16H27N3O2S.2ClH/c1-12(2)10-15-18-14(11-22-15)16(20)19-7-4-13(5-8-19)21-9-3-6-17;;/h11-13H,3-10,17H2,1-2H3;2*1H. The first-order valence-electron chi connectivity index (χ1n) is 8.15. The van der Waals surface area contributed by atoms with Crippen LogP contribution in [0.4, 0.5) is 0 Å². The van der Waals surface area contributed by atoms with Gasteiger partial charge in [0.2, 0.25) is 0 Å². The molecule has 2 N–H and O–H groups in total. The van der Waals surface area contributed by atoms with Crippen LogP contribution in [0.1, 0.15) is 48.6 Å². The summed E-state index contributed by atoms with van der Waals surface area (Å²) in [4.78, 5) is 18.9. The summed E-state index contributed by atoms with van der Waals surface area (Å²) in [5, 5.41) is 2.95. The Balaban J connectivity index is 0.00000264. The SMILES string of the molecule is CC(C)Cc1nc(C(=O)N2CCC(OCCCN)CC2)cs1.Cl.Cl. The summed E-state index contributed by atoms with van der Waals surface area (Å²) in [6.07, 6.45) is 3.91. The summed E-state index contributed by atoms with van der Waals surface area (Å²) in [6.45, 7) is 7.22. The summed E-state index contributed by atoms with van der Waals surface area (Å²) in [7, 11) is 0. The molecule has 140 valence electrons. The summed E-state index contributed by atoms with van der Waals surface area (Å²) < 4.78 is 5.77. The van der Waals surface area contributed by atoms with E-state index in [1.807, 2.05) is 10.3 Å². The van der Waals surface area contributed by atoms with Gasteiger partial charge in [-0.25, -0.2) is 4.98 Å². The topological polar surface area (TPSA) is 68.5 Å². The third-order valence-corrected chi connectivity index (χ3v) is 4.66. The molecule has 0 aliphatic carbocycles. The molecule has 0 atom stereocenters. The average molecular weight is 398 g/mol. The maximum Gasteiger partial charge on any atom is 0.273 e. The van der Waals surface area contributed by atoms with Crippen molar-refractivity contribution in [1.82, 2.24) is 9.88 Å². The molecule has 0 unspecified atom stereocenters. The molecule has 1 aliphatic rings. The number of rotatable bonds is 7. The highest BCUT2D eigenvalue weighted by Gasteiger charge is 2.25. The summed E-state index contributed by atoms with van der Waals surface area (Å²) in [6, 6.07) is 0. The number of carbonyl (C=O) groups is 1. The number of thiazole rings is 1. The lowest BCUT2D eigenvalue weighted by Gasteiger charge is -2.31. The van der Waals surface area contributed by atoms with Crippen LogP contribution >= 0.6 is 36.2 Å². The lowest BCUT2D eigenvalue weighted by atomic mass is 10.1. The molecule has 0 aromatic carbocycles. The number of hydrogen-bond donors (Lipinski definition) is 1. The van der Waals surface area contributed by atoms with Crippen LogP contribution in [0.3, 0.4) is 0 Å². The van der Waals surface area contributed by atoms with Crippen LogP contribution < -0.4 is 5.73 Å². The van der Waals surface area contributed by atoms with E-state index in [9.17, 15) is 4.79 Å². The van der Waals surface area contributed by atoms with E-state index in [0.29, 0.717) is 18.2 Å². The molecule has 0 bridgehead atoms. The fourth-order valence-corrected chi connectivity index (χ4v) is 3.55. The van der Waals surface area contributed by atoms with Gasteiger partial charge in [-0.2, -0.15) is 0 Å². The molecule has 1 aliphatic heterocycles. The largest absolute Gasteiger partial charge is 0.378 e. The molecule has 2 heterocycles. The van der Waals surface area contributed by atoms with E-state index in [0.717, 1.165) is 50.4 Å². The molecule has 2 rings (SSSR count). The van der Waals surface area contributed by atoms with Crippen LogP contribution in [0.2, 0.25) is 0 Å². The van der Waals surface area contributed by atoms with Gasteiger partial charge in [0.05, 0.1) is 11.1 Å². The smallest absolute Gasteiger partial charge is 0.273 e. The molecule has 5 nitrogen and oxygen atoms in total. The van der Waals surface area contributed by atoms with Crippen LogP contribution in [0, 0.1) is 5.92 Å². The molecule has 8 heteroatoms. The Kier molecular flexibility index (Phi) is 11.8. The summed E-state index contributed by atoms with van der Waals surface area (Å²) in [5.74, 6) is 0.627. The van der Waals surface area contributed by atoms with Gasteiger partial charge in [0.25, 0.3) is 5.91 Å². The molecular formula is C16H29Cl2N3O2S. The maximum absolute atomic E-state index is 12.5. The number of amides is 1. The second kappa shape index (κ2) is 12.0. The fraction of sp³-hybridized carbons (Fsp3) is 0.750. The van der Waals surface area contributed by atoms with Gasteiger partial charge in [-0.1, -0.05) is 13.8 Å². The number of nitrogens with two attached hydrogens (primary N) is 1. The summed E-state index contributed by atoms with van der Waals surface area (Å²) >= 11 is 1.59. The van der Waals surface area contributed by atoms with Crippen molar-refractivity contribution in [3.63, 3.8) is 0 Å². The Hall–Kier alpha value is -0.400. The van der Waals surface area contributed by atoms with Gasteiger partial charge >= 0.3 is 0 Å². The lowest BCUT2D eigenvalue weighted by molar-refractivity contribution is 0.00830. The highest BCUT2D eigenvalue weighted by Crippen LogP contribution is 2.19. The zero-order chi connectivity index (χ0) is 15.9. The predicted octanol–water partition coefficient (Wildman–Crippen LogP) is 3.16. The van der Waals surface area contributed by atoms with E-state index < -0.39 is 0 Å². The third kappa shape index (κ3) is 7.23. The van der Waals surface area contributed by atoms with Crippen LogP contribution in [-0.2, 0) is 11.2 Å². The van der Waals surface area contributed by atoms with E-state index in [1.165, 1.54) is 0 Å². The second-order valence-corrected chi connectivity index (χ2v) is 7.17. The van der Waals surface area contributed by atoms with Crippen molar-refractivity contribution in [2.75, 3.05) is 26.2 Å². The second-order valence-electron chi connectivity index (χ2n) is 6.23. The van der Waals surface area contributed by atoms with Gasteiger partial charge in [0.15, 0.2) is 0 Å². The van der Waals surface area contributed by atoms with Gasteiger partial charge in [-0.15, -0.1) is 36.2 Å². The van der Waals surface area contributed by atoms with Crippen LogP contribution in [-0.4, -0.2) is 48.1 Å². The fourth-order valence-electron chi connectivity index (χ4n) is 2.57. The Morgan fingerprint density at radius 1 is 1.42 bits per heavy atom. The van der Waals surface area contributed by atoms with Gasteiger partial charge in [0.1, 0.15) is 5.69 Å². The van der Waals surface area contributed by atoms with Crippen molar-refractivity contribution >= 4 is 42.1 Å². The Bertz CT molecular complexity index is 478. The van der Waals surface area contributed by atoms with E-state index in [1.54, 1.807) is 11.3 Å². The molecule has 1 aromatic rings. The number of aromatic nitrogens is 1. The number of hydrogen-bond acceptors (Lipinski definition) is 5. The minimum atomic E-state index is 0. The molecular weight excluding hydrogens is 369 g/mol. The first kappa shape index (κ1) is 23.6. The van der Waals surface area contributed by atoms with Crippen molar-refractivity contribution in [1.29, 1.82) is 0 Å². The monoisotopic (exact) mass is 397 g/mol. The molecule has 0 spiro atoms. The van der Waals surface area contributed by atoms with Crippen molar-refractivity contribution in [3.05, 3.63) is 16.1 Å². The predicted molar refractivity (Wildman–Crippen MR) is 104 cm³/mol. The van der Waals surface area contributed by atoms with Gasteiger partial charge in [-0.05, 0) is 31.7 Å². The maximum atomic E-state index is 12.5. The quantitative estimate of drug-likeness (QED) is 0.717. The Labute approximate surface area is 161 Å². The number of ether oxygens (including phenoxy) is 1. The van der Waals surface area contributed by atoms with Crippen LogP contribution in [0.15, 0.2) is 5.38 Å². The van der Waals surface area contributed by atoms with Crippen LogP contribution in [0.5, 0.6) is 0 Å². The number of likely N-dealkylation sites (tertiary alicyclic amines) is 1. The van der Waals surface area contributed by atoms with Gasteiger partial charge in [-0.3, -0.25) is 4.79 Å². The number of carbonyl (C=O) groups excluding carboxylic acids is 1. The number of piperidine rings is 1. The van der Waals surface area contributed by atoms with E-state index in [2.05, 4.69) is 18.8 Å². The van der Waals surface area contributed by atoms with E-state index in [-0.39, 0.29) is 36.8 Å². The third-order valence-electron chi connectivity index (χ3n) is 3.78. The molecule has 0 saturated carbocycles. The number of halogens is 2. The number of nitrogens with zero attached hydrogens (tertiary/aromatic N) is 2. The molecule has 1 aromatic heterocycles. The Morgan fingerprint density at radius 3 is 2.67 bits per heavy atom. The first-order chi connectivity index (χ1) is 10.6. The first-order valence-corrected chi connectivity index (χ1v) is 9.03. The van der Waals surface area contributed by atoms with E-state index >= 15 is 0 Å². The molecule has 24 heavy (non-hydrogen) atoms. The Morgan fingerprint density at radius 2 is 2.08 bits per heavy atom. The van der Waals surface area contributed by atoms with Crippen molar-refractivity contribution in [3.8, 4) is 0 Å². The van der Waals surface area contributed by atoms with Gasteiger partial charge < -0.3 is 15.4 Å². The average Bonchev–Trinajstić information content (AvgIpc) is 2.95.